The van der Waals surface area contributed by atoms with Crippen LogP contribution in [-0.4, -0.2) is 24.2 Å². The zero-order valence-electron chi connectivity index (χ0n) is 8.57. The molecule has 1 rings (SSSR count). The molecule has 0 bridgehead atoms. The first-order valence-electron chi connectivity index (χ1n) is 4.44. The SMILES string of the molecule is COC(=O)c1cc(CCC(=O)O)oc1C. The normalized spacial score (nSPS) is 10.0. The minimum absolute atomic E-state index is 0.0203. The number of hydrogen-bond donors (Lipinski definition) is 1. The van der Waals surface area contributed by atoms with Crippen molar-refractivity contribution < 1.29 is 23.8 Å². The van der Waals surface area contributed by atoms with E-state index in [2.05, 4.69) is 4.74 Å². The van der Waals surface area contributed by atoms with Gasteiger partial charge in [0, 0.05) is 6.42 Å². The van der Waals surface area contributed by atoms with Crippen LogP contribution >= 0.6 is 0 Å². The number of aryl methyl sites for hydroxylation is 2. The van der Waals surface area contributed by atoms with E-state index in [1.807, 2.05) is 0 Å². The van der Waals surface area contributed by atoms with Crippen LogP contribution in [0.25, 0.3) is 0 Å². The van der Waals surface area contributed by atoms with Crippen LogP contribution in [0.2, 0.25) is 0 Å². The van der Waals surface area contributed by atoms with Crippen molar-refractivity contribution in [1.29, 1.82) is 0 Å². The maximum atomic E-state index is 11.2. The first-order valence-corrected chi connectivity index (χ1v) is 4.44. The molecule has 5 heteroatoms. The third kappa shape index (κ3) is 2.83. The predicted octanol–water partition coefficient (Wildman–Crippen LogP) is 1.39. The maximum Gasteiger partial charge on any atom is 0.341 e. The molecule has 1 aromatic rings. The molecular formula is C10H12O5. The maximum absolute atomic E-state index is 11.2. The summed E-state index contributed by atoms with van der Waals surface area (Å²) in [7, 11) is 1.28. The molecule has 0 amide bonds. The van der Waals surface area contributed by atoms with Gasteiger partial charge in [-0.2, -0.15) is 0 Å². The fourth-order valence-corrected chi connectivity index (χ4v) is 1.21. The van der Waals surface area contributed by atoms with Gasteiger partial charge in [-0.25, -0.2) is 4.79 Å². The van der Waals surface area contributed by atoms with Crippen molar-refractivity contribution in [2.45, 2.75) is 19.8 Å². The van der Waals surface area contributed by atoms with Crippen molar-refractivity contribution in [3.8, 4) is 0 Å². The summed E-state index contributed by atoms with van der Waals surface area (Å²) in [5, 5.41) is 8.47. The van der Waals surface area contributed by atoms with Gasteiger partial charge in [-0.1, -0.05) is 0 Å². The van der Waals surface area contributed by atoms with Gasteiger partial charge < -0.3 is 14.3 Å². The van der Waals surface area contributed by atoms with Crippen LogP contribution in [0.1, 0.15) is 28.3 Å². The van der Waals surface area contributed by atoms with Crippen molar-refractivity contribution in [3.63, 3.8) is 0 Å². The lowest BCUT2D eigenvalue weighted by Crippen LogP contribution is -2.00. The smallest absolute Gasteiger partial charge is 0.341 e. The van der Waals surface area contributed by atoms with E-state index in [4.69, 9.17) is 9.52 Å². The summed E-state index contributed by atoms with van der Waals surface area (Å²) in [5.74, 6) is -0.445. The Morgan fingerprint density at radius 3 is 2.73 bits per heavy atom. The lowest BCUT2D eigenvalue weighted by atomic mass is 10.2. The number of carbonyl (C=O) groups is 2. The highest BCUT2D eigenvalue weighted by Gasteiger charge is 2.15. The van der Waals surface area contributed by atoms with Gasteiger partial charge in [0.15, 0.2) is 0 Å². The van der Waals surface area contributed by atoms with Crippen LogP contribution in [0.5, 0.6) is 0 Å². The molecule has 0 aromatic carbocycles. The molecule has 0 aliphatic heterocycles. The van der Waals surface area contributed by atoms with Crippen LogP contribution in [0, 0.1) is 6.92 Å². The zero-order chi connectivity index (χ0) is 11.4. The Morgan fingerprint density at radius 2 is 2.20 bits per heavy atom. The molecule has 0 unspecified atom stereocenters. The molecule has 0 aliphatic carbocycles. The third-order valence-corrected chi connectivity index (χ3v) is 1.96. The molecule has 1 N–H and O–H groups in total. The van der Waals surface area contributed by atoms with E-state index in [-0.39, 0.29) is 12.8 Å². The van der Waals surface area contributed by atoms with Crippen LogP contribution in [0.3, 0.4) is 0 Å². The Labute approximate surface area is 86.6 Å². The van der Waals surface area contributed by atoms with Crippen molar-refractivity contribution >= 4 is 11.9 Å². The van der Waals surface area contributed by atoms with Crippen molar-refractivity contribution in [1.82, 2.24) is 0 Å². The number of hydrogen-bond acceptors (Lipinski definition) is 4. The number of carboxylic acid groups (broad SMARTS) is 1. The number of aliphatic carboxylic acids is 1. The predicted molar refractivity (Wildman–Crippen MR) is 50.7 cm³/mol. The third-order valence-electron chi connectivity index (χ3n) is 1.96. The van der Waals surface area contributed by atoms with Gasteiger partial charge in [0.2, 0.25) is 0 Å². The van der Waals surface area contributed by atoms with Crippen molar-refractivity contribution in [3.05, 3.63) is 23.2 Å². The topological polar surface area (TPSA) is 76.7 Å². The zero-order valence-corrected chi connectivity index (χ0v) is 8.57. The number of esters is 1. The highest BCUT2D eigenvalue weighted by Crippen LogP contribution is 2.16. The standard InChI is InChI=1S/C10H12O5/c1-6-8(10(13)14-2)5-7(15-6)3-4-9(11)12/h5H,3-4H2,1-2H3,(H,11,12). The summed E-state index contributed by atoms with van der Waals surface area (Å²) in [5.41, 5.74) is 0.345. The molecule has 1 aromatic heterocycles. The molecule has 0 radical (unpaired) electrons. The van der Waals surface area contributed by atoms with E-state index in [9.17, 15) is 9.59 Å². The molecule has 5 nitrogen and oxygen atoms in total. The van der Waals surface area contributed by atoms with Crippen molar-refractivity contribution in [2.24, 2.45) is 0 Å². The Hall–Kier alpha value is -1.78. The number of furan rings is 1. The molecule has 0 fully saturated rings. The lowest BCUT2D eigenvalue weighted by molar-refractivity contribution is -0.137. The van der Waals surface area contributed by atoms with Gasteiger partial charge in [-0.3, -0.25) is 4.79 Å². The summed E-state index contributed by atoms with van der Waals surface area (Å²) < 4.78 is 9.76. The van der Waals surface area contributed by atoms with E-state index in [0.29, 0.717) is 17.1 Å². The monoisotopic (exact) mass is 212 g/mol. The second-order valence-corrected chi connectivity index (χ2v) is 3.07. The van der Waals surface area contributed by atoms with E-state index in [0.717, 1.165) is 0 Å². The van der Waals surface area contributed by atoms with Gasteiger partial charge in [0.25, 0.3) is 0 Å². The fourth-order valence-electron chi connectivity index (χ4n) is 1.21. The Bertz CT molecular complexity index is 377. The van der Waals surface area contributed by atoms with Crippen LogP contribution in [0.4, 0.5) is 0 Å². The van der Waals surface area contributed by atoms with Crippen LogP contribution < -0.4 is 0 Å². The molecule has 0 aliphatic rings. The van der Waals surface area contributed by atoms with E-state index < -0.39 is 11.9 Å². The molecule has 0 saturated heterocycles. The second kappa shape index (κ2) is 4.63. The summed E-state index contributed by atoms with van der Waals surface area (Å²) in [6.45, 7) is 1.64. The van der Waals surface area contributed by atoms with Crippen LogP contribution in [-0.2, 0) is 16.0 Å². The number of rotatable bonds is 4. The molecule has 82 valence electrons. The molecule has 15 heavy (non-hydrogen) atoms. The molecule has 0 atom stereocenters. The van der Waals surface area contributed by atoms with E-state index in [1.54, 1.807) is 6.92 Å². The summed E-state index contributed by atoms with van der Waals surface area (Å²) in [6.07, 6.45) is 0.251. The number of carbonyl (C=O) groups excluding carboxylic acids is 1. The summed E-state index contributed by atoms with van der Waals surface area (Å²) >= 11 is 0. The van der Waals surface area contributed by atoms with Gasteiger partial charge in [-0.15, -0.1) is 0 Å². The average molecular weight is 212 g/mol. The lowest BCUT2D eigenvalue weighted by Gasteiger charge is -1.93. The number of ether oxygens (including phenoxy) is 1. The number of carboxylic acids is 1. The second-order valence-electron chi connectivity index (χ2n) is 3.07. The first kappa shape index (κ1) is 11.3. The Morgan fingerprint density at radius 1 is 1.53 bits per heavy atom. The van der Waals surface area contributed by atoms with Gasteiger partial charge in [0.1, 0.15) is 17.1 Å². The molecular weight excluding hydrogens is 200 g/mol. The van der Waals surface area contributed by atoms with Crippen molar-refractivity contribution in [2.75, 3.05) is 7.11 Å². The van der Waals surface area contributed by atoms with Gasteiger partial charge in [0.05, 0.1) is 13.5 Å². The molecule has 1 heterocycles. The summed E-state index contributed by atoms with van der Waals surface area (Å²) in [4.78, 5) is 21.5. The minimum Gasteiger partial charge on any atom is -0.481 e. The van der Waals surface area contributed by atoms with Gasteiger partial charge in [-0.05, 0) is 13.0 Å². The summed E-state index contributed by atoms with van der Waals surface area (Å²) in [6, 6.07) is 1.52. The van der Waals surface area contributed by atoms with E-state index >= 15 is 0 Å². The quantitative estimate of drug-likeness (QED) is 0.763. The number of methoxy groups -OCH3 is 1. The molecule has 0 spiro atoms. The van der Waals surface area contributed by atoms with E-state index in [1.165, 1.54) is 13.2 Å². The Kier molecular flexibility index (Phi) is 3.49. The minimum atomic E-state index is -0.899. The largest absolute Gasteiger partial charge is 0.481 e. The Balaban J connectivity index is 2.76. The highest BCUT2D eigenvalue weighted by atomic mass is 16.5. The average Bonchev–Trinajstić information content (AvgIpc) is 2.55. The van der Waals surface area contributed by atoms with Crippen LogP contribution in [0.15, 0.2) is 10.5 Å². The first-order chi connectivity index (χ1) is 7.04. The fraction of sp³-hybridized carbons (Fsp3) is 0.400. The van der Waals surface area contributed by atoms with Gasteiger partial charge >= 0.3 is 11.9 Å². The highest BCUT2D eigenvalue weighted by molar-refractivity contribution is 5.90. The molecule has 0 saturated carbocycles.